The molecule has 1 saturated carbocycles. The van der Waals surface area contributed by atoms with Crippen LogP contribution in [-0.2, 0) is 0 Å². The standard InChI is InChI=1S/C66H108FNP2Si3/c1-10-19-49-71(50-20-11-2,51-21-12-3)62-43-37-59(38-44-62)69(60-39-45-63(46-40-60)72(52-22-13-4,53-23-14-5)54-24-15-6)68(58-33-29-28-30-34-58)70(66-36-32-31-35-65(66)67)61-41-47-64(48-42-61)73(55-25-16-7,56-26-17-8)57-27-18-9/h31-32,35-48,58H,10-30,33-34,49-57H2,1-9H3. The Labute approximate surface area is 456 Å². The highest BCUT2D eigenvalue weighted by atomic mass is 31.2. The Morgan fingerprint density at radius 1 is 0.370 bits per heavy atom. The monoisotopic (exact) mass is 1080 g/mol. The quantitative estimate of drug-likeness (QED) is 0.0321. The lowest BCUT2D eigenvalue weighted by Gasteiger charge is -2.45. The van der Waals surface area contributed by atoms with E-state index < -0.39 is 40.4 Å². The number of halogens is 1. The summed E-state index contributed by atoms with van der Waals surface area (Å²) in [6, 6.07) is 52.5. The molecule has 4 aromatic rings. The van der Waals surface area contributed by atoms with E-state index in [9.17, 15) is 0 Å². The number of rotatable bonds is 37. The topological polar surface area (TPSA) is 3.24 Å². The van der Waals surface area contributed by atoms with Crippen LogP contribution in [0.15, 0.2) is 97.1 Å². The van der Waals surface area contributed by atoms with Gasteiger partial charge in [-0.3, -0.25) is 0 Å². The van der Waals surface area contributed by atoms with Gasteiger partial charge in [0, 0.05) is 27.5 Å². The third-order valence-corrected chi connectivity index (χ3v) is 39.8. The first-order valence-electron chi connectivity index (χ1n) is 31.1. The zero-order chi connectivity index (χ0) is 52.4. The van der Waals surface area contributed by atoms with Gasteiger partial charge in [-0.05, 0) is 40.9 Å². The Kier molecular flexibility index (Phi) is 28.5. The van der Waals surface area contributed by atoms with Gasteiger partial charge in [0.25, 0.3) is 0 Å². The molecule has 0 saturated heterocycles. The SMILES string of the molecule is CCCC[Si](CCCC)(CCCC)c1ccc(P(c2ccc([Si](CCCC)(CCCC)CCCC)cc2)N(C2CCCCC2)P(c2ccc([Si](CCCC)(CCCC)CCCC)cc2)c2ccccc2F)cc1. The minimum atomic E-state index is -1.73. The third kappa shape index (κ3) is 17.1. The molecule has 73 heavy (non-hydrogen) atoms. The highest BCUT2D eigenvalue weighted by Gasteiger charge is 2.41. The van der Waals surface area contributed by atoms with E-state index in [0.29, 0.717) is 6.04 Å². The van der Waals surface area contributed by atoms with Gasteiger partial charge in [0.05, 0.1) is 24.2 Å². The van der Waals surface area contributed by atoms with Crippen molar-refractivity contribution in [1.29, 1.82) is 0 Å². The van der Waals surface area contributed by atoms with Crippen molar-refractivity contribution >= 4 is 77.1 Å². The molecule has 1 unspecified atom stereocenters. The molecule has 1 aliphatic rings. The van der Waals surface area contributed by atoms with E-state index in [-0.39, 0.29) is 5.82 Å². The summed E-state index contributed by atoms with van der Waals surface area (Å²) < 4.78 is 20.2. The van der Waals surface area contributed by atoms with Crippen molar-refractivity contribution in [3.8, 4) is 0 Å². The van der Waals surface area contributed by atoms with Crippen molar-refractivity contribution in [1.82, 2.24) is 4.44 Å². The van der Waals surface area contributed by atoms with Crippen LogP contribution in [0.3, 0.4) is 0 Å². The molecule has 1 fully saturated rings. The van der Waals surface area contributed by atoms with Gasteiger partial charge in [0.1, 0.15) is 5.82 Å². The molecule has 0 bridgehead atoms. The molecule has 0 aromatic heterocycles. The highest BCUT2D eigenvalue weighted by molar-refractivity contribution is 7.84. The second-order valence-corrected chi connectivity index (χ2v) is 41.5. The zero-order valence-electron chi connectivity index (χ0n) is 48.7. The van der Waals surface area contributed by atoms with Crippen molar-refractivity contribution in [2.45, 2.75) is 270 Å². The molecule has 5 rings (SSSR count). The summed E-state index contributed by atoms with van der Waals surface area (Å²) in [4.78, 5) is 0. The van der Waals surface area contributed by atoms with Gasteiger partial charge in [-0.2, -0.15) is 0 Å². The minimum Gasteiger partial charge on any atom is -0.242 e. The third-order valence-electron chi connectivity index (χ3n) is 17.6. The van der Waals surface area contributed by atoms with Crippen LogP contribution < -0.4 is 36.8 Å². The van der Waals surface area contributed by atoms with E-state index in [0.717, 1.165) is 5.30 Å². The molecule has 0 amide bonds. The molecule has 0 radical (unpaired) electrons. The molecule has 0 aliphatic heterocycles. The van der Waals surface area contributed by atoms with Crippen LogP contribution >= 0.6 is 16.1 Å². The van der Waals surface area contributed by atoms with Crippen LogP contribution in [0.1, 0.15) is 210 Å². The van der Waals surface area contributed by atoms with E-state index in [1.54, 1.807) is 21.6 Å². The smallest absolute Gasteiger partial charge is 0.132 e. The van der Waals surface area contributed by atoms with Crippen molar-refractivity contribution in [2.24, 2.45) is 0 Å². The van der Waals surface area contributed by atoms with E-state index >= 15 is 4.39 Å². The molecule has 1 aliphatic carbocycles. The maximum Gasteiger partial charge on any atom is 0.132 e. The van der Waals surface area contributed by atoms with Crippen LogP contribution in [0, 0.1) is 5.82 Å². The number of hydrogen-bond acceptors (Lipinski definition) is 1. The highest BCUT2D eigenvalue weighted by Crippen LogP contribution is 2.58. The fraction of sp³-hybridized carbons (Fsp3) is 0.636. The molecule has 0 spiro atoms. The predicted octanol–water partition coefficient (Wildman–Crippen LogP) is 19.0. The van der Waals surface area contributed by atoms with Crippen molar-refractivity contribution in [2.75, 3.05) is 0 Å². The van der Waals surface area contributed by atoms with Crippen LogP contribution in [-0.4, -0.2) is 34.7 Å². The van der Waals surface area contributed by atoms with Gasteiger partial charge >= 0.3 is 0 Å². The number of benzene rings is 4. The van der Waals surface area contributed by atoms with Crippen LogP contribution in [0.25, 0.3) is 0 Å². The molecule has 4 aromatic carbocycles. The molecule has 1 atom stereocenters. The van der Waals surface area contributed by atoms with Crippen LogP contribution in [0.5, 0.6) is 0 Å². The predicted molar refractivity (Wildman–Crippen MR) is 340 cm³/mol. The number of hydrogen-bond donors (Lipinski definition) is 0. The van der Waals surface area contributed by atoms with Crippen molar-refractivity contribution < 1.29 is 4.39 Å². The first-order valence-corrected chi connectivity index (χ1v) is 41.6. The normalized spacial score (nSPS) is 14.4. The van der Waals surface area contributed by atoms with Gasteiger partial charge in [-0.15, -0.1) is 0 Å². The second kappa shape index (κ2) is 33.5. The first-order chi connectivity index (χ1) is 35.7. The lowest BCUT2D eigenvalue weighted by Crippen LogP contribution is -2.48. The zero-order valence-corrected chi connectivity index (χ0v) is 53.5. The fourth-order valence-corrected chi connectivity index (χ4v) is 36.1. The summed E-state index contributed by atoms with van der Waals surface area (Å²) in [5.41, 5.74) is 0. The molecule has 0 heterocycles. The maximum atomic E-state index is 17.2. The van der Waals surface area contributed by atoms with Crippen LogP contribution in [0.2, 0.25) is 54.4 Å². The number of nitrogens with zero attached hydrogens (tertiary/aromatic N) is 1. The number of unbranched alkanes of at least 4 members (excludes halogenated alkanes) is 9. The average Bonchev–Trinajstić information content (AvgIpc) is 3.43. The largest absolute Gasteiger partial charge is 0.242 e. The van der Waals surface area contributed by atoms with Gasteiger partial charge in [0.15, 0.2) is 0 Å². The van der Waals surface area contributed by atoms with E-state index in [2.05, 4.69) is 152 Å². The molecular formula is C66H108FNP2Si3. The van der Waals surface area contributed by atoms with Crippen molar-refractivity contribution in [3.05, 3.63) is 103 Å². The maximum absolute atomic E-state index is 17.2. The summed E-state index contributed by atoms with van der Waals surface area (Å²) in [6.07, 6.45) is 29.7. The van der Waals surface area contributed by atoms with Crippen LogP contribution in [0.4, 0.5) is 4.39 Å². The summed E-state index contributed by atoms with van der Waals surface area (Å²) in [5.74, 6) is -0.0335. The van der Waals surface area contributed by atoms with Crippen molar-refractivity contribution in [3.63, 3.8) is 0 Å². The molecular weight excluding hydrogens is 972 g/mol. The minimum absolute atomic E-state index is 0.0335. The van der Waals surface area contributed by atoms with E-state index in [4.69, 9.17) is 0 Å². The fourth-order valence-electron chi connectivity index (χ4n) is 13.0. The lowest BCUT2D eigenvalue weighted by atomic mass is 9.96. The first kappa shape index (κ1) is 62.1. The molecule has 0 N–H and O–H groups in total. The Balaban J connectivity index is 1.82. The molecule has 7 heteroatoms. The molecule has 1 nitrogen and oxygen atoms in total. The van der Waals surface area contributed by atoms with Gasteiger partial charge in [-0.1, -0.05) is 352 Å². The second-order valence-electron chi connectivity index (χ2n) is 23.1. The Hall–Kier alpha value is -1.72. The van der Waals surface area contributed by atoms with Gasteiger partial charge < -0.3 is 0 Å². The Morgan fingerprint density at radius 2 is 0.644 bits per heavy atom. The summed E-state index contributed by atoms with van der Waals surface area (Å²) in [7, 11) is -7.40. The van der Waals surface area contributed by atoms with E-state index in [1.807, 2.05) is 6.07 Å². The summed E-state index contributed by atoms with van der Waals surface area (Å²) >= 11 is 0. The van der Waals surface area contributed by atoms with Gasteiger partial charge in [0.2, 0.25) is 0 Å². The Bertz CT molecular complexity index is 1930. The summed E-state index contributed by atoms with van der Waals surface area (Å²) in [6.45, 7) is 21.5. The lowest BCUT2D eigenvalue weighted by molar-refractivity contribution is 0.355. The summed E-state index contributed by atoms with van der Waals surface area (Å²) in [5, 5.41) is 10.3. The van der Waals surface area contributed by atoms with E-state index in [1.165, 1.54) is 218 Å². The molecule has 406 valence electrons. The Morgan fingerprint density at radius 3 is 0.918 bits per heavy atom. The van der Waals surface area contributed by atoms with Gasteiger partial charge in [-0.25, -0.2) is 8.83 Å². The average molecular weight is 1080 g/mol.